The maximum Gasteiger partial charge on any atom is 0.435 e. The van der Waals surface area contributed by atoms with Gasteiger partial charge in [0.25, 0.3) is 0 Å². The molecule has 0 spiro atoms. The number of hydrogen-bond donors (Lipinski definition) is 1. The average molecular weight is 379 g/mol. The van der Waals surface area contributed by atoms with E-state index in [0.717, 1.165) is 36.5 Å². The van der Waals surface area contributed by atoms with Crippen LogP contribution in [0.15, 0.2) is 30.3 Å². The van der Waals surface area contributed by atoms with Crippen molar-refractivity contribution in [1.82, 2.24) is 15.1 Å². The van der Waals surface area contributed by atoms with Crippen molar-refractivity contribution < 1.29 is 18.0 Å². The van der Waals surface area contributed by atoms with Gasteiger partial charge in [0.05, 0.1) is 6.04 Å². The summed E-state index contributed by atoms with van der Waals surface area (Å²) in [5, 5.41) is 6.67. The standard InChI is InChI=1S/C20H24F3N3O/c1-3-16(14-6-4-13(2)5-7-14)24-19(27)10-11-26-17(15-8-9-15)12-18(25-26)20(21,22)23/h4-7,12,15-16H,3,8-11H2,1-2H3,(H,24,27). The van der Waals surface area contributed by atoms with E-state index in [4.69, 9.17) is 0 Å². The van der Waals surface area contributed by atoms with Gasteiger partial charge in [-0.25, -0.2) is 0 Å². The van der Waals surface area contributed by atoms with E-state index in [1.54, 1.807) is 0 Å². The number of rotatable bonds is 7. The van der Waals surface area contributed by atoms with Crippen molar-refractivity contribution in [2.24, 2.45) is 0 Å². The number of benzene rings is 1. The first-order valence-corrected chi connectivity index (χ1v) is 9.28. The highest BCUT2D eigenvalue weighted by Crippen LogP contribution is 2.42. The van der Waals surface area contributed by atoms with Gasteiger partial charge in [0.1, 0.15) is 0 Å². The van der Waals surface area contributed by atoms with Crippen molar-refractivity contribution in [1.29, 1.82) is 0 Å². The Bertz CT molecular complexity index is 792. The Kier molecular flexibility index (Phi) is 5.58. The summed E-state index contributed by atoms with van der Waals surface area (Å²) in [4.78, 5) is 12.4. The quantitative estimate of drug-likeness (QED) is 0.755. The van der Waals surface area contributed by atoms with E-state index in [-0.39, 0.29) is 30.8 Å². The Morgan fingerprint density at radius 3 is 2.52 bits per heavy atom. The van der Waals surface area contributed by atoms with Gasteiger partial charge in [0.2, 0.25) is 5.91 Å². The zero-order valence-corrected chi connectivity index (χ0v) is 15.5. The van der Waals surface area contributed by atoms with E-state index in [1.807, 2.05) is 38.1 Å². The van der Waals surface area contributed by atoms with Crippen molar-refractivity contribution in [3.8, 4) is 0 Å². The molecular weight excluding hydrogens is 355 g/mol. The maximum absolute atomic E-state index is 12.9. The Morgan fingerprint density at radius 1 is 1.30 bits per heavy atom. The minimum Gasteiger partial charge on any atom is -0.349 e. The molecule has 4 nitrogen and oxygen atoms in total. The summed E-state index contributed by atoms with van der Waals surface area (Å²) in [5.74, 6) is -0.0548. The minimum atomic E-state index is -4.46. The molecular formula is C20H24F3N3O. The third-order valence-corrected chi connectivity index (χ3v) is 4.87. The minimum absolute atomic E-state index is 0.0983. The SMILES string of the molecule is CCC(NC(=O)CCn1nc(C(F)(F)F)cc1C1CC1)c1ccc(C)cc1. The predicted octanol–water partition coefficient (Wildman–Crippen LogP) is 4.75. The predicted molar refractivity (Wildman–Crippen MR) is 96.2 cm³/mol. The third kappa shape index (κ3) is 4.90. The average Bonchev–Trinajstić information content (AvgIpc) is 3.36. The summed E-state index contributed by atoms with van der Waals surface area (Å²) >= 11 is 0. The Morgan fingerprint density at radius 2 is 1.96 bits per heavy atom. The number of carbonyl (C=O) groups excluding carboxylic acids is 1. The summed E-state index contributed by atoms with van der Waals surface area (Å²) < 4.78 is 40.2. The van der Waals surface area contributed by atoms with Gasteiger partial charge >= 0.3 is 6.18 Å². The Labute approximate surface area is 156 Å². The second-order valence-corrected chi connectivity index (χ2v) is 7.14. The Hall–Kier alpha value is -2.31. The summed E-state index contributed by atoms with van der Waals surface area (Å²) in [7, 11) is 0. The van der Waals surface area contributed by atoms with Gasteiger partial charge in [-0.1, -0.05) is 36.8 Å². The van der Waals surface area contributed by atoms with Gasteiger partial charge in [-0.3, -0.25) is 9.48 Å². The number of hydrogen-bond acceptors (Lipinski definition) is 2. The van der Waals surface area contributed by atoms with Gasteiger partial charge in [0.15, 0.2) is 5.69 Å². The third-order valence-electron chi connectivity index (χ3n) is 4.87. The normalized spacial score (nSPS) is 15.6. The van der Waals surface area contributed by atoms with Crippen LogP contribution in [-0.2, 0) is 17.5 Å². The number of nitrogens with zero attached hydrogens (tertiary/aromatic N) is 2. The molecule has 1 aliphatic rings. The monoisotopic (exact) mass is 379 g/mol. The number of nitrogens with one attached hydrogen (secondary N) is 1. The van der Waals surface area contributed by atoms with Gasteiger partial charge in [-0.15, -0.1) is 0 Å². The number of alkyl halides is 3. The van der Waals surface area contributed by atoms with Gasteiger partial charge in [-0.05, 0) is 37.8 Å². The van der Waals surface area contributed by atoms with Crippen molar-refractivity contribution in [3.63, 3.8) is 0 Å². The summed E-state index contributed by atoms with van der Waals surface area (Å²) in [6, 6.07) is 8.97. The zero-order chi connectivity index (χ0) is 19.6. The highest BCUT2D eigenvalue weighted by Gasteiger charge is 2.37. The largest absolute Gasteiger partial charge is 0.435 e. The molecule has 1 saturated carbocycles. The smallest absolute Gasteiger partial charge is 0.349 e. The number of amides is 1. The molecule has 1 N–H and O–H groups in total. The zero-order valence-electron chi connectivity index (χ0n) is 15.5. The highest BCUT2D eigenvalue weighted by atomic mass is 19.4. The van der Waals surface area contributed by atoms with Crippen LogP contribution in [0.5, 0.6) is 0 Å². The number of carbonyl (C=O) groups is 1. The van der Waals surface area contributed by atoms with Crippen LogP contribution in [-0.4, -0.2) is 15.7 Å². The molecule has 1 aromatic heterocycles. The lowest BCUT2D eigenvalue weighted by atomic mass is 10.0. The van der Waals surface area contributed by atoms with Crippen LogP contribution in [0.2, 0.25) is 0 Å². The van der Waals surface area contributed by atoms with E-state index >= 15 is 0 Å². The van der Waals surface area contributed by atoms with E-state index in [0.29, 0.717) is 5.69 Å². The maximum atomic E-state index is 12.9. The first-order valence-electron chi connectivity index (χ1n) is 9.28. The van der Waals surface area contributed by atoms with Gasteiger partial charge in [-0.2, -0.15) is 18.3 Å². The summed E-state index contributed by atoms with van der Waals surface area (Å²) in [5.41, 5.74) is 1.87. The molecule has 1 aromatic carbocycles. The molecule has 146 valence electrons. The molecule has 1 unspecified atom stereocenters. The first kappa shape index (κ1) is 19.5. The molecule has 1 heterocycles. The topological polar surface area (TPSA) is 46.9 Å². The van der Waals surface area contributed by atoms with Crippen LogP contribution in [0, 0.1) is 6.92 Å². The second kappa shape index (κ2) is 7.74. The van der Waals surface area contributed by atoms with E-state index in [2.05, 4.69) is 10.4 Å². The molecule has 0 aliphatic heterocycles. The molecule has 1 aliphatic carbocycles. The molecule has 2 aromatic rings. The lowest BCUT2D eigenvalue weighted by Gasteiger charge is -2.18. The van der Waals surface area contributed by atoms with Crippen molar-refractivity contribution >= 4 is 5.91 Å². The molecule has 7 heteroatoms. The number of aromatic nitrogens is 2. The molecule has 1 fully saturated rings. The van der Waals surface area contributed by atoms with Gasteiger partial charge < -0.3 is 5.32 Å². The lowest BCUT2D eigenvalue weighted by Crippen LogP contribution is -2.29. The summed E-state index contributed by atoms with van der Waals surface area (Å²) in [6.45, 7) is 4.14. The molecule has 1 amide bonds. The molecule has 27 heavy (non-hydrogen) atoms. The molecule has 0 bridgehead atoms. The van der Waals surface area contributed by atoms with Crippen LogP contribution < -0.4 is 5.32 Å². The first-order chi connectivity index (χ1) is 12.8. The van der Waals surface area contributed by atoms with Crippen LogP contribution in [0.1, 0.15) is 67.1 Å². The second-order valence-electron chi connectivity index (χ2n) is 7.14. The van der Waals surface area contributed by atoms with E-state index in [9.17, 15) is 18.0 Å². The summed E-state index contributed by atoms with van der Waals surface area (Å²) in [6.07, 6.45) is -1.87. The molecule has 0 radical (unpaired) electrons. The fourth-order valence-corrected chi connectivity index (χ4v) is 3.15. The Balaban J connectivity index is 1.63. The number of halogens is 3. The highest BCUT2D eigenvalue weighted by molar-refractivity contribution is 5.76. The van der Waals surface area contributed by atoms with E-state index < -0.39 is 11.9 Å². The van der Waals surface area contributed by atoms with Crippen molar-refractivity contribution in [2.75, 3.05) is 0 Å². The molecule has 1 atom stereocenters. The fraction of sp³-hybridized carbons (Fsp3) is 0.500. The fourth-order valence-electron chi connectivity index (χ4n) is 3.15. The molecule has 0 saturated heterocycles. The lowest BCUT2D eigenvalue weighted by molar-refractivity contribution is -0.141. The van der Waals surface area contributed by atoms with Crippen molar-refractivity contribution in [3.05, 3.63) is 52.8 Å². The molecule has 3 rings (SSSR count). The van der Waals surface area contributed by atoms with Crippen molar-refractivity contribution in [2.45, 2.75) is 64.2 Å². The van der Waals surface area contributed by atoms with Crippen LogP contribution in [0.25, 0.3) is 0 Å². The van der Waals surface area contributed by atoms with E-state index in [1.165, 1.54) is 4.68 Å². The van der Waals surface area contributed by atoms with Gasteiger partial charge in [0, 0.05) is 24.6 Å². The van der Waals surface area contributed by atoms with Crippen LogP contribution >= 0.6 is 0 Å². The van der Waals surface area contributed by atoms with Crippen LogP contribution in [0.3, 0.4) is 0 Å². The number of aryl methyl sites for hydroxylation is 2. The van der Waals surface area contributed by atoms with Crippen LogP contribution in [0.4, 0.5) is 13.2 Å².